The van der Waals surface area contributed by atoms with E-state index in [4.69, 9.17) is 15.9 Å². The van der Waals surface area contributed by atoms with Crippen LogP contribution in [0.1, 0.15) is 13.3 Å². The molecule has 0 spiro atoms. The molecular weight excluding hydrogens is 178 g/mol. The number of rotatable bonds is 4. The number of hydrogen-bond acceptors (Lipinski definition) is 4. The second-order valence-electron chi connectivity index (χ2n) is 2.04. The van der Waals surface area contributed by atoms with Gasteiger partial charge in [0.25, 0.3) is 0 Å². The van der Waals surface area contributed by atoms with Crippen molar-refractivity contribution in [3.05, 3.63) is 0 Å². The standard InChI is InChI=1S/C5H11NO2S.C2H6O/c1-9-3-2-4(6)5(7)8;1-2-3/h4H,2-3,6H2,1H3,(H,7,8);3H,2H2,1H3/t4-;/m0./s1. The molecule has 0 amide bonds. The lowest BCUT2D eigenvalue weighted by Crippen LogP contribution is -2.30. The summed E-state index contributed by atoms with van der Waals surface area (Å²) in [7, 11) is 0. The normalized spacial score (nSPS) is 11.3. The van der Waals surface area contributed by atoms with Gasteiger partial charge in [-0.1, -0.05) is 0 Å². The third-order valence-corrected chi connectivity index (χ3v) is 1.59. The number of aliphatic hydroxyl groups is 1. The summed E-state index contributed by atoms with van der Waals surface area (Å²) in [5.41, 5.74) is 5.19. The molecule has 0 aliphatic rings. The fourth-order valence-electron chi connectivity index (χ4n) is 0.368. The molecular formula is C7H17NO3S. The molecule has 0 rings (SSSR count). The van der Waals surface area contributed by atoms with Crippen LogP contribution in [0, 0.1) is 0 Å². The highest BCUT2D eigenvalue weighted by molar-refractivity contribution is 7.98. The molecule has 0 radical (unpaired) electrons. The van der Waals surface area contributed by atoms with Gasteiger partial charge in [0.1, 0.15) is 6.04 Å². The van der Waals surface area contributed by atoms with Gasteiger partial charge in [0.2, 0.25) is 0 Å². The molecule has 1 atom stereocenters. The van der Waals surface area contributed by atoms with Crippen molar-refractivity contribution >= 4 is 17.7 Å². The topological polar surface area (TPSA) is 83.5 Å². The van der Waals surface area contributed by atoms with Crippen LogP contribution < -0.4 is 5.73 Å². The lowest BCUT2D eigenvalue weighted by Gasteiger charge is -2.02. The van der Waals surface area contributed by atoms with Gasteiger partial charge >= 0.3 is 5.97 Å². The van der Waals surface area contributed by atoms with Crippen molar-refractivity contribution in [2.75, 3.05) is 18.6 Å². The molecule has 0 heterocycles. The van der Waals surface area contributed by atoms with Crippen molar-refractivity contribution in [2.45, 2.75) is 19.4 Å². The molecule has 74 valence electrons. The molecule has 0 fully saturated rings. The summed E-state index contributed by atoms with van der Waals surface area (Å²) in [5, 5.41) is 15.8. The Hall–Kier alpha value is -0.260. The van der Waals surface area contributed by atoms with Crippen molar-refractivity contribution in [3.8, 4) is 0 Å². The molecule has 0 aromatic heterocycles. The van der Waals surface area contributed by atoms with Gasteiger partial charge in [-0.15, -0.1) is 0 Å². The number of thioether (sulfide) groups is 1. The summed E-state index contributed by atoms with van der Waals surface area (Å²) < 4.78 is 0. The number of aliphatic hydroxyl groups excluding tert-OH is 1. The van der Waals surface area contributed by atoms with E-state index in [2.05, 4.69) is 0 Å². The third kappa shape index (κ3) is 12.4. The van der Waals surface area contributed by atoms with Crippen LogP contribution in [-0.4, -0.2) is 40.8 Å². The second-order valence-corrected chi connectivity index (χ2v) is 3.03. The second kappa shape index (κ2) is 10.7. The minimum atomic E-state index is -0.913. The van der Waals surface area contributed by atoms with E-state index in [9.17, 15) is 4.79 Å². The van der Waals surface area contributed by atoms with Gasteiger partial charge in [-0.2, -0.15) is 11.8 Å². The smallest absolute Gasteiger partial charge is 0.320 e. The van der Waals surface area contributed by atoms with Gasteiger partial charge in [-0.05, 0) is 25.4 Å². The Morgan fingerprint density at radius 3 is 2.33 bits per heavy atom. The van der Waals surface area contributed by atoms with Crippen molar-refractivity contribution in [2.24, 2.45) is 5.73 Å². The summed E-state index contributed by atoms with van der Waals surface area (Å²) in [6.07, 6.45) is 2.48. The first-order chi connectivity index (χ1) is 5.59. The highest BCUT2D eigenvalue weighted by Gasteiger charge is 2.08. The largest absolute Gasteiger partial charge is 0.480 e. The molecule has 0 aliphatic heterocycles. The number of carboxylic acids is 1. The van der Waals surface area contributed by atoms with Crippen LogP contribution in [0.3, 0.4) is 0 Å². The average molecular weight is 195 g/mol. The zero-order valence-corrected chi connectivity index (χ0v) is 8.30. The van der Waals surface area contributed by atoms with Gasteiger partial charge in [-0.3, -0.25) is 4.79 Å². The Labute approximate surface area is 77.1 Å². The minimum absolute atomic E-state index is 0.250. The number of aliphatic carboxylic acids is 1. The lowest BCUT2D eigenvalue weighted by molar-refractivity contribution is -0.138. The molecule has 12 heavy (non-hydrogen) atoms. The highest BCUT2D eigenvalue weighted by Crippen LogP contribution is 1.97. The van der Waals surface area contributed by atoms with Crippen LogP contribution in [0.2, 0.25) is 0 Å². The van der Waals surface area contributed by atoms with Gasteiger partial charge in [-0.25, -0.2) is 0 Å². The van der Waals surface area contributed by atoms with Crippen molar-refractivity contribution < 1.29 is 15.0 Å². The molecule has 0 unspecified atom stereocenters. The van der Waals surface area contributed by atoms with Crippen molar-refractivity contribution in [3.63, 3.8) is 0 Å². The fraction of sp³-hybridized carbons (Fsp3) is 0.857. The Kier molecular flexibility index (Phi) is 12.8. The maximum Gasteiger partial charge on any atom is 0.320 e. The molecule has 0 saturated carbocycles. The van der Waals surface area contributed by atoms with E-state index in [1.54, 1.807) is 18.7 Å². The summed E-state index contributed by atoms with van der Waals surface area (Å²) >= 11 is 1.60. The number of hydrogen-bond donors (Lipinski definition) is 3. The number of carboxylic acid groups (broad SMARTS) is 1. The molecule has 4 nitrogen and oxygen atoms in total. The van der Waals surface area contributed by atoms with Crippen LogP contribution in [0.5, 0.6) is 0 Å². The Balaban J connectivity index is 0. The quantitative estimate of drug-likeness (QED) is 0.594. The van der Waals surface area contributed by atoms with Crippen LogP contribution >= 0.6 is 11.8 Å². The maximum atomic E-state index is 10.1. The van der Waals surface area contributed by atoms with E-state index in [0.717, 1.165) is 5.75 Å². The lowest BCUT2D eigenvalue weighted by atomic mass is 10.2. The van der Waals surface area contributed by atoms with Crippen molar-refractivity contribution in [1.82, 2.24) is 0 Å². The first kappa shape index (κ1) is 14.3. The van der Waals surface area contributed by atoms with Gasteiger partial charge in [0.05, 0.1) is 0 Å². The van der Waals surface area contributed by atoms with Crippen molar-refractivity contribution in [1.29, 1.82) is 0 Å². The molecule has 5 heteroatoms. The van der Waals surface area contributed by atoms with Crippen LogP contribution in [0.25, 0.3) is 0 Å². The molecule has 0 aromatic rings. The van der Waals surface area contributed by atoms with Crippen LogP contribution in [0.4, 0.5) is 0 Å². The maximum absolute atomic E-state index is 10.1. The van der Waals surface area contributed by atoms with E-state index >= 15 is 0 Å². The summed E-state index contributed by atoms with van der Waals surface area (Å²) in [6, 6.07) is -0.683. The van der Waals surface area contributed by atoms with Gasteiger partial charge in [0.15, 0.2) is 0 Å². The minimum Gasteiger partial charge on any atom is -0.480 e. The summed E-state index contributed by atoms with van der Waals surface area (Å²) in [5.74, 6) is -0.1000. The van der Waals surface area contributed by atoms with Gasteiger partial charge in [0, 0.05) is 6.61 Å². The number of carbonyl (C=O) groups is 1. The SMILES string of the molecule is CCO.CSCC[C@H](N)C(=O)O. The zero-order chi connectivity index (χ0) is 9.98. The molecule has 0 saturated heterocycles. The van der Waals surface area contributed by atoms with Gasteiger partial charge < -0.3 is 15.9 Å². The Morgan fingerprint density at radius 2 is 2.08 bits per heavy atom. The van der Waals surface area contributed by atoms with Crippen LogP contribution in [-0.2, 0) is 4.79 Å². The van der Waals surface area contributed by atoms with E-state index in [-0.39, 0.29) is 6.61 Å². The monoisotopic (exact) mass is 195 g/mol. The van der Waals surface area contributed by atoms with Crippen LogP contribution in [0.15, 0.2) is 0 Å². The summed E-state index contributed by atoms with van der Waals surface area (Å²) in [4.78, 5) is 10.1. The predicted octanol–water partition coefficient (Wildman–Crippen LogP) is 0.150. The number of nitrogens with two attached hydrogens (primary N) is 1. The molecule has 0 bridgehead atoms. The first-order valence-electron chi connectivity index (χ1n) is 3.68. The molecule has 4 N–H and O–H groups in total. The predicted molar refractivity (Wildman–Crippen MR) is 51.4 cm³/mol. The zero-order valence-electron chi connectivity index (χ0n) is 7.49. The molecule has 0 aliphatic carbocycles. The van der Waals surface area contributed by atoms with E-state index in [0.29, 0.717) is 6.42 Å². The highest BCUT2D eigenvalue weighted by atomic mass is 32.2. The average Bonchev–Trinajstić information content (AvgIpc) is 2.01. The molecule has 0 aromatic carbocycles. The van der Waals surface area contributed by atoms with E-state index in [1.807, 2.05) is 6.26 Å². The first-order valence-corrected chi connectivity index (χ1v) is 5.07. The summed E-state index contributed by atoms with van der Waals surface area (Å²) in [6.45, 7) is 1.93. The fourth-order valence-corrected chi connectivity index (χ4v) is 0.858. The Bertz CT molecular complexity index is 111. The Morgan fingerprint density at radius 1 is 1.67 bits per heavy atom. The van der Waals surface area contributed by atoms with E-state index < -0.39 is 12.0 Å². The van der Waals surface area contributed by atoms with E-state index in [1.165, 1.54) is 0 Å². The third-order valence-electron chi connectivity index (χ3n) is 0.950.